The average molecular weight is 319 g/mol. The monoisotopic (exact) mass is 317 g/mol. The smallest absolute Gasteiger partial charge is 0.227 e. The lowest BCUT2D eigenvalue weighted by atomic mass is 10.2. The minimum absolute atomic E-state index is 0.0418. The third-order valence-corrected chi connectivity index (χ3v) is 3.31. The number of ether oxygens (including phenoxy) is 1. The third-order valence-electron chi connectivity index (χ3n) is 2.50. The first-order valence-corrected chi connectivity index (χ1v) is 6.71. The van der Waals surface area contributed by atoms with Gasteiger partial charge in [-0.1, -0.05) is 11.6 Å². The van der Waals surface area contributed by atoms with Crippen LogP contribution in [0.15, 0.2) is 16.6 Å². The Morgan fingerprint density at radius 2 is 2.29 bits per heavy atom. The van der Waals surface area contributed by atoms with Crippen molar-refractivity contribution in [2.24, 2.45) is 5.92 Å². The Labute approximate surface area is 114 Å². The fraction of sp³-hybridized carbons (Fsp3) is 0.417. The Morgan fingerprint density at radius 1 is 1.59 bits per heavy atom. The van der Waals surface area contributed by atoms with Crippen LogP contribution in [0.25, 0.3) is 0 Å². The molecule has 5 heteroatoms. The van der Waals surface area contributed by atoms with Crippen LogP contribution in [0.5, 0.6) is 5.75 Å². The number of hydrogen-bond acceptors (Lipinski definition) is 2. The molecule has 0 aromatic heterocycles. The van der Waals surface area contributed by atoms with E-state index in [9.17, 15) is 4.79 Å². The van der Waals surface area contributed by atoms with Crippen LogP contribution in [0.2, 0.25) is 5.02 Å². The maximum absolute atomic E-state index is 11.7. The molecule has 1 aromatic rings. The number of hydrogen-bond donors (Lipinski definition) is 1. The number of halogens is 2. The molecule has 0 spiro atoms. The van der Waals surface area contributed by atoms with Crippen LogP contribution in [0.3, 0.4) is 0 Å². The number of rotatable bonds is 4. The fourth-order valence-electron chi connectivity index (χ4n) is 1.52. The van der Waals surface area contributed by atoms with Crippen molar-refractivity contribution in [1.29, 1.82) is 0 Å². The van der Waals surface area contributed by atoms with Gasteiger partial charge in [-0.05, 0) is 47.8 Å². The molecule has 3 nitrogen and oxygen atoms in total. The van der Waals surface area contributed by atoms with E-state index in [0.717, 1.165) is 17.3 Å². The van der Waals surface area contributed by atoms with Gasteiger partial charge in [-0.2, -0.15) is 0 Å². The standard InChI is InChI=1S/C12H13BrClNO2/c1-2-17-11-9(13)5-8(14)6-10(11)15-12(16)7-3-4-7/h5-7H,2-4H2,1H3,(H,15,16). The first-order valence-electron chi connectivity index (χ1n) is 5.54. The van der Waals surface area contributed by atoms with E-state index in [2.05, 4.69) is 21.2 Å². The first kappa shape index (κ1) is 12.7. The Bertz CT molecular complexity index is 446. The van der Waals surface area contributed by atoms with Crippen molar-refractivity contribution < 1.29 is 9.53 Å². The third kappa shape index (κ3) is 3.13. The van der Waals surface area contributed by atoms with Crippen molar-refractivity contribution >= 4 is 39.1 Å². The molecule has 1 saturated carbocycles. The molecule has 0 bridgehead atoms. The highest BCUT2D eigenvalue weighted by Gasteiger charge is 2.30. The topological polar surface area (TPSA) is 38.3 Å². The van der Waals surface area contributed by atoms with Crippen molar-refractivity contribution in [3.05, 3.63) is 21.6 Å². The largest absolute Gasteiger partial charge is 0.491 e. The van der Waals surface area contributed by atoms with E-state index in [1.54, 1.807) is 12.1 Å². The second kappa shape index (κ2) is 5.27. The summed E-state index contributed by atoms with van der Waals surface area (Å²) < 4.78 is 6.25. The molecule has 1 aliphatic rings. The summed E-state index contributed by atoms with van der Waals surface area (Å²) in [6, 6.07) is 3.46. The maximum atomic E-state index is 11.7. The lowest BCUT2D eigenvalue weighted by molar-refractivity contribution is -0.117. The fourth-order valence-corrected chi connectivity index (χ4v) is 2.45. The van der Waals surface area contributed by atoms with Gasteiger partial charge in [-0.15, -0.1) is 0 Å². The van der Waals surface area contributed by atoms with E-state index in [0.29, 0.717) is 23.1 Å². The summed E-state index contributed by atoms with van der Waals surface area (Å²) in [7, 11) is 0. The van der Waals surface area contributed by atoms with Crippen molar-refractivity contribution in [3.8, 4) is 5.75 Å². The Kier molecular flexibility index (Phi) is 3.94. The first-order chi connectivity index (χ1) is 8.11. The van der Waals surface area contributed by atoms with E-state index in [1.807, 2.05) is 6.92 Å². The zero-order valence-electron chi connectivity index (χ0n) is 9.43. The molecular weight excluding hydrogens is 305 g/mol. The molecule has 1 amide bonds. The highest BCUT2D eigenvalue weighted by Crippen LogP contribution is 2.38. The molecule has 1 N–H and O–H groups in total. The van der Waals surface area contributed by atoms with Crippen LogP contribution >= 0.6 is 27.5 Å². The minimum Gasteiger partial charge on any atom is -0.491 e. The van der Waals surface area contributed by atoms with Crippen molar-refractivity contribution in [2.45, 2.75) is 19.8 Å². The number of carbonyl (C=O) groups excluding carboxylic acids is 1. The molecule has 1 fully saturated rings. The van der Waals surface area contributed by atoms with Gasteiger partial charge >= 0.3 is 0 Å². The second-order valence-corrected chi connectivity index (χ2v) is 5.25. The summed E-state index contributed by atoms with van der Waals surface area (Å²) in [5, 5.41) is 3.42. The summed E-state index contributed by atoms with van der Waals surface area (Å²) >= 11 is 9.34. The molecule has 1 aromatic carbocycles. The normalized spacial score (nSPS) is 14.5. The molecule has 2 rings (SSSR count). The van der Waals surface area contributed by atoms with Crippen LogP contribution in [0.4, 0.5) is 5.69 Å². The van der Waals surface area contributed by atoms with Gasteiger partial charge in [-0.25, -0.2) is 0 Å². The Morgan fingerprint density at radius 3 is 2.88 bits per heavy atom. The van der Waals surface area contributed by atoms with Crippen molar-refractivity contribution in [2.75, 3.05) is 11.9 Å². The molecule has 0 heterocycles. The molecule has 0 unspecified atom stereocenters. The highest BCUT2D eigenvalue weighted by molar-refractivity contribution is 9.10. The van der Waals surface area contributed by atoms with E-state index in [1.165, 1.54) is 0 Å². The van der Waals surface area contributed by atoms with E-state index in [4.69, 9.17) is 16.3 Å². The second-order valence-electron chi connectivity index (χ2n) is 3.96. The molecule has 1 aliphatic carbocycles. The molecule has 0 atom stereocenters. The number of amides is 1. The van der Waals surface area contributed by atoms with Crippen LogP contribution in [0.1, 0.15) is 19.8 Å². The molecule has 92 valence electrons. The number of anilines is 1. The highest BCUT2D eigenvalue weighted by atomic mass is 79.9. The van der Waals surface area contributed by atoms with Crippen molar-refractivity contribution in [1.82, 2.24) is 0 Å². The molecular formula is C12H13BrClNO2. The molecule has 0 radical (unpaired) electrons. The van der Waals surface area contributed by atoms with Crippen molar-refractivity contribution in [3.63, 3.8) is 0 Å². The number of nitrogens with one attached hydrogen (secondary N) is 1. The number of carbonyl (C=O) groups is 1. The van der Waals surface area contributed by atoms with Gasteiger partial charge in [0.25, 0.3) is 0 Å². The van der Waals surface area contributed by atoms with Gasteiger partial charge in [-0.3, -0.25) is 4.79 Å². The summed E-state index contributed by atoms with van der Waals surface area (Å²) in [4.78, 5) is 11.7. The minimum atomic E-state index is 0.0418. The van der Waals surface area contributed by atoms with Crippen LogP contribution in [0, 0.1) is 5.92 Å². The van der Waals surface area contributed by atoms with E-state index in [-0.39, 0.29) is 11.8 Å². The molecule has 0 aliphatic heterocycles. The lowest BCUT2D eigenvalue weighted by Crippen LogP contribution is -2.14. The predicted molar refractivity (Wildman–Crippen MR) is 71.7 cm³/mol. The Hall–Kier alpha value is -0.740. The van der Waals surface area contributed by atoms with Crippen LogP contribution in [-0.4, -0.2) is 12.5 Å². The van der Waals surface area contributed by atoms with Gasteiger partial charge in [0.2, 0.25) is 5.91 Å². The van der Waals surface area contributed by atoms with Gasteiger partial charge in [0.1, 0.15) is 0 Å². The van der Waals surface area contributed by atoms with E-state index < -0.39 is 0 Å². The predicted octanol–water partition coefficient (Wildman–Crippen LogP) is 3.85. The van der Waals surface area contributed by atoms with Crippen LogP contribution < -0.4 is 10.1 Å². The SMILES string of the molecule is CCOc1c(Br)cc(Cl)cc1NC(=O)C1CC1. The van der Waals surface area contributed by atoms with Gasteiger partial charge in [0.05, 0.1) is 16.8 Å². The van der Waals surface area contributed by atoms with Gasteiger partial charge in [0.15, 0.2) is 5.75 Å². The van der Waals surface area contributed by atoms with E-state index >= 15 is 0 Å². The maximum Gasteiger partial charge on any atom is 0.227 e. The van der Waals surface area contributed by atoms with Crippen LogP contribution in [-0.2, 0) is 4.79 Å². The Balaban J connectivity index is 2.25. The molecule has 17 heavy (non-hydrogen) atoms. The summed E-state index contributed by atoms with van der Waals surface area (Å²) in [6.45, 7) is 2.43. The van der Waals surface area contributed by atoms with Gasteiger partial charge < -0.3 is 10.1 Å². The zero-order valence-corrected chi connectivity index (χ0v) is 11.8. The average Bonchev–Trinajstić information content (AvgIpc) is 3.06. The summed E-state index contributed by atoms with van der Waals surface area (Å²) in [5.41, 5.74) is 0.628. The summed E-state index contributed by atoms with van der Waals surface area (Å²) in [5.74, 6) is 0.827. The lowest BCUT2D eigenvalue weighted by Gasteiger charge is -2.13. The molecule has 0 saturated heterocycles. The zero-order chi connectivity index (χ0) is 12.4. The number of benzene rings is 1. The quantitative estimate of drug-likeness (QED) is 0.915. The van der Waals surface area contributed by atoms with Gasteiger partial charge in [0, 0.05) is 10.9 Å². The summed E-state index contributed by atoms with van der Waals surface area (Å²) in [6.07, 6.45) is 1.94.